The van der Waals surface area contributed by atoms with E-state index in [1.807, 2.05) is 25.1 Å². The first-order valence-corrected chi connectivity index (χ1v) is 7.69. The van der Waals surface area contributed by atoms with Crippen LogP contribution in [0, 0.1) is 5.41 Å². The van der Waals surface area contributed by atoms with Crippen LogP contribution in [0.15, 0.2) is 18.2 Å². The van der Waals surface area contributed by atoms with E-state index in [0.29, 0.717) is 18.7 Å². The third kappa shape index (κ3) is 2.96. The fraction of sp³-hybridized carbons (Fsp3) is 0.625. The van der Waals surface area contributed by atoms with Crippen LogP contribution in [0.4, 0.5) is 5.82 Å². The molecule has 1 saturated carbocycles. The fourth-order valence-electron chi connectivity index (χ4n) is 2.92. The second-order valence-corrected chi connectivity index (χ2v) is 6.36. The molecule has 1 aromatic rings. The predicted octanol–water partition coefficient (Wildman–Crippen LogP) is 2.70. The Morgan fingerprint density at radius 2 is 2.10 bits per heavy atom. The van der Waals surface area contributed by atoms with Gasteiger partial charge in [0, 0.05) is 19.2 Å². The molecule has 1 saturated heterocycles. The first-order chi connectivity index (χ1) is 10.1. The molecule has 1 aromatic heterocycles. The topological polar surface area (TPSA) is 62.7 Å². The smallest absolute Gasteiger partial charge is 0.309 e. The lowest BCUT2D eigenvalue weighted by molar-refractivity contribution is -0.150. The van der Waals surface area contributed by atoms with Crippen molar-refractivity contribution in [1.29, 1.82) is 0 Å². The zero-order chi connectivity index (χ0) is 14.9. The maximum absolute atomic E-state index is 11.2. The third-order valence-electron chi connectivity index (χ3n) is 4.73. The van der Waals surface area contributed by atoms with Gasteiger partial charge in [0.15, 0.2) is 0 Å². The number of rotatable bonds is 4. The summed E-state index contributed by atoms with van der Waals surface area (Å²) in [5.74, 6) is 0.937. The zero-order valence-corrected chi connectivity index (χ0v) is 12.4. The Kier molecular flexibility index (Phi) is 3.74. The van der Waals surface area contributed by atoms with Crippen molar-refractivity contribution in [3.05, 3.63) is 18.2 Å². The molecule has 2 aliphatic rings. The molecule has 0 atom stereocenters. The minimum absolute atomic E-state index is 0.0802. The lowest BCUT2D eigenvalue weighted by atomic mass is 9.75. The van der Waals surface area contributed by atoms with Gasteiger partial charge in [-0.1, -0.05) is 6.07 Å². The van der Waals surface area contributed by atoms with Crippen LogP contribution in [0.25, 0.3) is 0 Å². The quantitative estimate of drug-likeness (QED) is 0.923. The highest BCUT2D eigenvalue weighted by molar-refractivity contribution is 5.74. The number of carboxylic acids is 1. The fourth-order valence-corrected chi connectivity index (χ4v) is 2.92. The molecule has 1 aliphatic carbocycles. The van der Waals surface area contributed by atoms with Crippen molar-refractivity contribution in [1.82, 2.24) is 4.98 Å². The normalized spacial score (nSPS) is 28.8. The minimum atomic E-state index is -0.696. The average molecular weight is 290 g/mol. The van der Waals surface area contributed by atoms with Gasteiger partial charge in [0.1, 0.15) is 11.9 Å². The van der Waals surface area contributed by atoms with E-state index >= 15 is 0 Å². The maximum Gasteiger partial charge on any atom is 0.309 e. The Morgan fingerprint density at radius 1 is 1.38 bits per heavy atom. The molecular weight excluding hydrogens is 268 g/mol. The maximum atomic E-state index is 11.2. The summed E-state index contributed by atoms with van der Waals surface area (Å²) < 4.78 is 5.96. The summed E-state index contributed by atoms with van der Waals surface area (Å²) in [5.41, 5.74) is -0.591. The van der Waals surface area contributed by atoms with E-state index in [1.165, 1.54) is 6.42 Å². The second kappa shape index (κ2) is 5.54. The molecule has 2 heterocycles. The molecule has 0 unspecified atom stereocenters. The van der Waals surface area contributed by atoms with Crippen molar-refractivity contribution in [3.63, 3.8) is 0 Å². The lowest BCUT2D eigenvalue weighted by Crippen LogP contribution is -2.38. The Morgan fingerprint density at radius 3 is 2.67 bits per heavy atom. The van der Waals surface area contributed by atoms with Gasteiger partial charge in [-0.25, -0.2) is 0 Å². The molecule has 0 bridgehead atoms. The number of pyridine rings is 1. The number of aromatic nitrogens is 1. The van der Waals surface area contributed by atoms with Crippen molar-refractivity contribution >= 4 is 11.8 Å². The van der Waals surface area contributed by atoms with Crippen LogP contribution < -0.4 is 9.64 Å². The third-order valence-corrected chi connectivity index (χ3v) is 4.73. The standard InChI is InChI=1S/C16H22N2O3/c1-16(15(19)20)8-6-12(7-9-16)21-14-5-2-4-13(17-14)18-10-3-11-18/h2,4-5,12H,3,6-11H2,1H3,(H,19,20)/t12-,16-. The highest BCUT2D eigenvalue weighted by atomic mass is 16.5. The van der Waals surface area contributed by atoms with Crippen LogP contribution in [-0.2, 0) is 4.79 Å². The van der Waals surface area contributed by atoms with Crippen LogP contribution in [0.3, 0.4) is 0 Å². The summed E-state index contributed by atoms with van der Waals surface area (Å²) in [6, 6.07) is 5.86. The van der Waals surface area contributed by atoms with E-state index in [-0.39, 0.29) is 6.10 Å². The van der Waals surface area contributed by atoms with E-state index in [9.17, 15) is 9.90 Å². The molecule has 5 heteroatoms. The summed E-state index contributed by atoms with van der Waals surface area (Å²) in [4.78, 5) is 18.0. The van der Waals surface area contributed by atoms with Gasteiger partial charge in [-0.3, -0.25) is 4.79 Å². The van der Waals surface area contributed by atoms with Crippen molar-refractivity contribution in [2.24, 2.45) is 5.41 Å². The molecule has 3 rings (SSSR count). The van der Waals surface area contributed by atoms with Gasteiger partial charge in [0.25, 0.3) is 0 Å². The van der Waals surface area contributed by atoms with Crippen LogP contribution in [0.5, 0.6) is 5.88 Å². The number of ether oxygens (including phenoxy) is 1. The van der Waals surface area contributed by atoms with Crippen LogP contribution in [-0.4, -0.2) is 35.3 Å². The van der Waals surface area contributed by atoms with Gasteiger partial charge >= 0.3 is 5.97 Å². The Labute approximate surface area is 124 Å². The number of carboxylic acid groups (broad SMARTS) is 1. The molecule has 5 nitrogen and oxygen atoms in total. The second-order valence-electron chi connectivity index (χ2n) is 6.36. The summed E-state index contributed by atoms with van der Waals surface area (Å²) in [5, 5.41) is 9.25. The Bertz CT molecular complexity index is 520. The van der Waals surface area contributed by atoms with E-state index in [0.717, 1.165) is 31.7 Å². The Balaban J connectivity index is 1.59. The van der Waals surface area contributed by atoms with E-state index in [2.05, 4.69) is 9.88 Å². The van der Waals surface area contributed by atoms with E-state index in [1.54, 1.807) is 0 Å². The number of hydrogen-bond donors (Lipinski definition) is 1. The number of aliphatic carboxylic acids is 1. The van der Waals surface area contributed by atoms with E-state index < -0.39 is 11.4 Å². The largest absolute Gasteiger partial charge is 0.481 e. The molecule has 0 aromatic carbocycles. The van der Waals surface area contributed by atoms with Crippen LogP contribution in [0.2, 0.25) is 0 Å². The van der Waals surface area contributed by atoms with Crippen molar-refractivity contribution in [2.75, 3.05) is 18.0 Å². The molecule has 1 aliphatic heterocycles. The van der Waals surface area contributed by atoms with Gasteiger partial charge in [0.05, 0.1) is 5.41 Å². The molecule has 2 fully saturated rings. The van der Waals surface area contributed by atoms with Gasteiger partial charge in [0.2, 0.25) is 5.88 Å². The van der Waals surface area contributed by atoms with Crippen LogP contribution >= 0.6 is 0 Å². The number of anilines is 1. The lowest BCUT2D eigenvalue weighted by Gasteiger charge is -2.34. The summed E-state index contributed by atoms with van der Waals surface area (Å²) in [6.45, 7) is 3.96. The van der Waals surface area contributed by atoms with Gasteiger partial charge in [-0.05, 0) is 45.1 Å². The Hall–Kier alpha value is -1.78. The summed E-state index contributed by atoms with van der Waals surface area (Å²) in [7, 11) is 0. The summed E-state index contributed by atoms with van der Waals surface area (Å²) >= 11 is 0. The summed E-state index contributed by atoms with van der Waals surface area (Å²) in [6.07, 6.45) is 4.19. The van der Waals surface area contributed by atoms with E-state index in [4.69, 9.17) is 4.74 Å². The van der Waals surface area contributed by atoms with Gasteiger partial charge in [-0.2, -0.15) is 4.98 Å². The minimum Gasteiger partial charge on any atom is -0.481 e. The monoisotopic (exact) mass is 290 g/mol. The molecule has 1 N–H and O–H groups in total. The van der Waals surface area contributed by atoms with Crippen molar-refractivity contribution in [2.45, 2.75) is 45.1 Å². The number of nitrogens with zero attached hydrogens (tertiary/aromatic N) is 2. The molecular formula is C16H22N2O3. The van der Waals surface area contributed by atoms with Gasteiger partial charge < -0.3 is 14.7 Å². The zero-order valence-electron chi connectivity index (χ0n) is 12.4. The van der Waals surface area contributed by atoms with Gasteiger partial charge in [-0.15, -0.1) is 0 Å². The molecule has 0 radical (unpaired) electrons. The molecule has 114 valence electrons. The first kappa shape index (κ1) is 14.2. The average Bonchev–Trinajstić information content (AvgIpc) is 2.40. The number of carbonyl (C=O) groups is 1. The molecule has 0 amide bonds. The highest BCUT2D eigenvalue weighted by Gasteiger charge is 2.38. The predicted molar refractivity (Wildman–Crippen MR) is 79.7 cm³/mol. The first-order valence-electron chi connectivity index (χ1n) is 7.69. The molecule has 0 spiro atoms. The highest BCUT2D eigenvalue weighted by Crippen LogP contribution is 2.37. The van der Waals surface area contributed by atoms with Crippen molar-refractivity contribution < 1.29 is 14.6 Å². The number of hydrogen-bond acceptors (Lipinski definition) is 4. The van der Waals surface area contributed by atoms with Crippen LogP contribution in [0.1, 0.15) is 39.0 Å². The SMILES string of the molecule is C[C@]1(C(=O)O)CC[C@H](Oc2cccc(N3CCC3)n2)CC1. The molecule has 21 heavy (non-hydrogen) atoms. The van der Waals surface area contributed by atoms with Crippen molar-refractivity contribution in [3.8, 4) is 5.88 Å².